The van der Waals surface area contributed by atoms with Crippen LogP contribution in [-0.4, -0.2) is 57.8 Å². The summed E-state index contributed by atoms with van der Waals surface area (Å²) in [6.45, 7) is 1.47. The third-order valence-electron chi connectivity index (χ3n) is 6.23. The third kappa shape index (κ3) is 4.71. The standard InChI is InChI=1S/C25H26FN5O3/c26-20-8-4-5-9-22(20)31-13-18(12-28-31)11-27-19-10-23-24(32)29-21(25(33)30(23)14-19)16-34-15-17-6-2-1-3-7-17/h1-9,12-13,19,21,23,27H,10-11,14-16H2,(H,29,32)/t19-,21-,23-/m0/s1. The number of benzene rings is 2. The molecule has 0 radical (unpaired) electrons. The van der Waals surface area contributed by atoms with Crippen LogP contribution in [-0.2, 0) is 27.5 Å². The Morgan fingerprint density at radius 3 is 2.71 bits per heavy atom. The monoisotopic (exact) mass is 463 g/mol. The number of carbonyl (C=O) groups excluding carboxylic acids is 2. The van der Waals surface area contributed by atoms with Gasteiger partial charge < -0.3 is 20.3 Å². The van der Waals surface area contributed by atoms with Crippen LogP contribution in [0.25, 0.3) is 5.69 Å². The smallest absolute Gasteiger partial charge is 0.248 e. The first-order valence-electron chi connectivity index (χ1n) is 11.3. The van der Waals surface area contributed by atoms with Gasteiger partial charge >= 0.3 is 0 Å². The zero-order valence-electron chi connectivity index (χ0n) is 18.6. The molecule has 0 unspecified atom stereocenters. The zero-order valence-corrected chi connectivity index (χ0v) is 18.6. The quantitative estimate of drug-likeness (QED) is 0.532. The number of nitrogens with zero attached hydrogens (tertiary/aromatic N) is 3. The summed E-state index contributed by atoms with van der Waals surface area (Å²) in [6, 6.07) is 15.0. The Bertz CT molecular complexity index is 1170. The second-order valence-corrected chi connectivity index (χ2v) is 8.63. The van der Waals surface area contributed by atoms with Crippen LogP contribution in [0.2, 0.25) is 0 Å². The molecule has 0 spiro atoms. The van der Waals surface area contributed by atoms with Crippen molar-refractivity contribution >= 4 is 11.8 Å². The van der Waals surface area contributed by atoms with Gasteiger partial charge in [0.15, 0.2) is 0 Å². The lowest BCUT2D eigenvalue weighted by molar-refractivity contribution is -0.148. The highest BCUT2D eigenvalue weighted by Gasteiger charge is 2.46. The third-order valence-corrected chi connectivity index (χ3v) is 6.23. The first-order valence-corrected chi connectivity index (χ1v) is 11.3. The van der Waals surface area contributed by atoms with Crippen LogP contribution in [0.15, 0.2) is 67.0 Å². The average Bonchev–Trinajstić information content (AvgIpc) is 3.50. The van der Waals surface area contributed by atoms with Crippen LogP contribution in [0.4, 0.5) is 4.39 Å². The molecule has 176 valence electrons. The Hall–Kier alpha value is -3.56. The van der Waals surface area contributed by atoms with Gasteiger partial charge in [0, 0.05) is 30.9 Å². The molecule has 3 heterocycles. The normalized spacial score (nSPS) is 22.0. The summed E-state index contributed by atoms with van der Waals surface area (Å²) >= 11 is 0. The van der Waals surface area contributed by atoms with Gasteiger partial charge in [-0.05, 0) is 24.1 Å². The maximum absolute atomic E-state index is 14.0. The molecule has 2 N–H and O–H groups in total. The summed E-state index contributed by atoms with van der Waals surface area (Å²) in [5, 5.41) is 10.5. The topological polar surface area (TPSA) is 88.5 Å². The first-order chi connectivity index (χ1) is 16.6. The average molecular weight is 464 g/mol. The predicted molar refractivity (Wildman–Crippen MR) is 122 cm³/mol. The lowest BCUT2D eigenvalue weighted by Gasteiger charge is -2.34. The molecule has 3 atom stereocenters. The number of ether oxygens (including phenoxy) is 1. The number of carbonyl (C=O) groups is 2. The Morgan fingerprint density at radius 1 is 1.09 bits per heavy atom. The second kappa shape index (κ2) is 9.74. The highest BCUT2D eigenvalue weighted by atomic mass is 19.1. The van der Waals surface area contributed by atoms with E-state index in [4.69, 9.17) is 4.74 Å². The molecule has 2 aromatic carbocycles. The number of rotatable bonds is 8. The van der Waals surface area contributed by atoms with E-state index in [-0.39, 0.29) is 30.3 Å². The molecule has 2 saturated heterocycles. The molecule has 8 nitrogen and oxygen atoms in total. The molecule has 0 saturated carbocycles. The lowest BCUT2D eigenvalue weighted by Crippen LogP contribution is -2.62. The largest absolute Gasteiger partial charge is 0.374 e. The number of nitrogens with one attached hydrogen (secondary N) is 2. The van der Waals surface area contributed by atoms with Crippen molar-refractivity contribution in [3.05, 3.63) is 83.9 Å². The van der Waals surface area contributed by atoms with Gasteiger partial charge in [0.2, 0.25) is 11.8 Å². The Kier molecular flexibility index (Phi) is 6.37. The summed E-state index contributed by atoms with van der Waals surface area (Å²) in [7, 11) is 0. The zero-order chi connectivity index (χ0) is 23.5. The number of aromatic nitrogens is 2. The van der Waals surface area contributed by atoms with Crippen LogP contribution < -0.4 is 10.6 Å². The molecule has 0 aliphatic carbocycles. The van der Waals surface area contributed by atoms with Crippen LogP contribution in [0.3, 0.4) is 0 Å². The van der Waals surface area contributed by atoms with Crippen molar-refractivity contribution in [3.63, 3.8) is 0 Å². The number of halogens is 1. The van der Waals surface area contributed by atoms with Crippen LogP contribution in [0.5, 0.6) is 0 Å². The predicted octanol–water partition coefficient (Wildman–Crippen LogP) is 1.79. The summed E-state index contributed by atoms with van der Waals surface area (Å²) in [6.07, 6.45) is 3.99. The van der Waals surface area contributed by atoms with E-state index in [1.807, 2.05) is 30.3 Å². The van der Waals surface area contributed by atoms with E-state index < -0.39 is 12.1 Å². The van der Waals surface area contributed by atoms with Crippen LogP contribution >= 0.6 is 0 Å². The van der Waals surface area contributed by atoms with E-state index in [2.05, 4.69) is 15.7 Å². The first kappa shape index (κ1) is 22.2. The molecular weight excluding hydrogens is 437 g/mol. The number of fused-ring (bicyclic) bond motifs is 1. The van der Waals surface area contributed by atoms with Crippen molar-refractivity contribution < 1.29 is 18.7 Å². The fraction of sp³-hybridized carbons (Fsp3) is 0.320. The minimum Gasteiger partial charge on any atom is -0.374 e. The van der Waals surface area contributed by atoms with Crippen molar-refractivity contribution in [2.45, 2.75) is 37.7 Å². The van der Waals surface area contributed by atoms with Crippen molar-refractivity contribution in [3.8, 4) is 5.69 Å². The van der Waals surface area contributed by atoms with Gasteiger partial charge in [0.05, 0.1) is 19.4 Å². The van der Waals surface area contributed by atoms with Gasteiger partial charge in [-0.15, -0.1) is 0 Å². The van der Waals surface area contributed by atoms with Crippen molar-refractivity contribution in [2.75, 3.05) is 13.2 Å². The summed E-state index contributed by atoms with van der Waals surface area (Å²) < 4.78 is 21.2. The number of piperazine rings is 1. The van der Waals surface area contributed by atoms with E-state index in [0.29, 0.717) is 31.8 Å². The summed E-state index contributed by atoms with van der Waals surface area (Å²) in [5.74, 6) is -0.608. The van der Waals surface area contributed by atoms with Crippen LogP contribution in [0.1, 0.15) is 17.5 Å². The van der Waals surface area contributed by atoms with Gasteiger partial charge in [-0.3, -0.25) is 9.59 Å². The van der Waals surface area contributed by atoms with E-state index in [1.165, 1.54) is 10.7 Å². The van der Waals surface area contributed by atoms with E-state index in [9.17, 15) is 14.0 Å². The number of hydrogen-bond donors (Lipinski definition) is 2. The molecule has 34 heavy (non-hydrogen) atoms. The maximum atomic E-state index is 14.0. The van der Waals surface area contributed by atoms with Crippen LogP contribution in [0, 0.1) is 5.82 Å². The minimum atomic E-state index is -0.676. The molecule has 2 amide bonds. The molecule has 0 bridgehead atoms. The fourth-order valence-electron chi connectivity index (χ4n) is 4.47. The SMILES string of the molecule is O=C1N[C@@H](COCc2ccccc2)C(=O)N2C[C@@H](NCc3cnn(-c4ccccc4F)c3)C[C@@H]12. The van der Waals surface area contributed by atoms with Gasteiger partial charge in [-0.1, -0.05) is 42.5 Å². The fourth-order valence-corrected chi connectivity index (χ4v) is 4.47. The number of hydrogen-bond acceptors (Lipinski definition) is 5. The number of amides is 2. The summed E-state index contributed by atoms with van der Waals surface area (Å²) in [5.41, 5.74) is 2.28. The molecule has 2 aliphatic rings. The molecule has 2 aliphatic heterocycles. The van der Waals surface area contributed by atoms with Gasteiger partial charge in [-0.2, -0.15) is 5.10 Å². The Balaban J connectivity index is 1.14. The van der Waals surface area contributed by atoms with Gasteiger partial charge in [0.1, 0.15) is 23.6 Å². The van der Waals surface area contributed by atoms with Crippen molar-refractivity contribution in [1.29, 1.82) is 0 Å². The number of para-hydroxylation sites is 1. The van der Waals surface area contributed by atoms with E-state index in [0.717, 1.165) is 11.1 Å². The Morgan fingerprint density at radius 2 is 1.88 bits per heavy atom. The highest BCUT2D eigenvalue weighted by molar-refractivity contribution is 5.97. The summed E-state index contributed by atoms with van der Waals surface area (Å²) in [4.78, 5) is 27.2. The lowest BCUT2D eigenvalue weighted by atomic mass is 10.1. The molecule has 2 fully saturated rings. The highest BCUT2D eigenvalue weighted by Crippen LogP contribution is 2.23. The molecular formula is C25H26FN5O3. The maximum Gasteiger partial charge on any atom is 0.248 e. The molecule has 3 aromatic rings. The van der Waals surface area contributed by atoms with Gasteiger partial charge in [-0.25, -0.2) is 9.07 Å². The van der Waals surface area contributed by atoms with Crippen molar-refractivity contribution in [2.24, 2.45) is 0 Å². The molecule has 1 aromatic heterocycles. The Labute approximate surface area is 196 Å². The molecule has 5 rings (SSSR count). The minimum absolute atomic E-state index is 0.0273. The molecule has 9 heteroatoms. The van der Waals surface area contributed by atoms with E-state index in [1.54, 1.807) is 35.5 Å². The second-order valence-electron chi connectivity index (χ2n) is 8.63. The van der Waals surface area contributed by atoms with Crippen molar-refractivity contribution in [1.82, 2.24) is 25.3 Å². The van der Waals surface area contributed by atoms with Gasteiger partial charge in [0.25, 0.3) is 0 Å². The van der Waals surface area contributed by atoms with E-state index >= 15 is 0 Å².